The second-order valence-corrected chi connectivity index (χ2v) is 17.1. The van der Waals surface area contributed by atoms with E-state index in [0.717, 1.165) is 72.8 Å². The average Bonchev–Trinajstić information content (AvgIpc) is 3.78. The minimum Gasteiger partial charge on any atom is -0.456 e. The third-order valence-electron chi connectivity index (χ3n) is 13.9. The van der Waals surface area contributed by atoms with Crippen LogP contribution in [0.1, 0.15) is 22.3 Å². The summed E-state index contributed by atoms with van der Waals surface area (Å²) in [6.07, 6.45) is 0. The molecule has 64 heavy (non-hydrogen) atoms. The van der Waals surface area contributed by atoms with Crippen molar-refractivity contribution in [1.82, 2.24) is 0 Å². The number of nitrogens with zero attached hydrogens (tertiary/aromatic N) is 1. The Morgan fingerprint density at radius 1 is 0.281 bits per heavy atom. The van der Waals surface area contributed by atoms with Crippen molar-refractivity contribution in [2.45, 2.75) is 5.41 Å². The van der Waals surface area contributed by atoms with Gasteiger partial charge in [-0.3, -0.25) is 0 Å². The molecule has 1 aromatic heterocycles. The third kappa shape index (κ3) is 4.81. The van der Waals surface area contributed by atoms with Crippen LogP contribution in [0.25, 0.3) is 77.6 Å². The van der Waals surface area contributed by atoms with Gasteiger partial charge in [-0.25, -0.2) is 0 Å². The van der Waals surface area contributed by atoms with Gasteiger partial charge in [0.1, 0.15) is 22.7 Å². The summed E-state index contributed by atoms with van der Waals surface area (Å²) in [6, 6.07) is 81.8. The molecule has 3 heteroatoms. The van der Waals surface area contributed by atoms with Crippen molar-refractivity contribution in [1.29, 1.82) is 0 Å². The van der Waals surface area contributed by atoms with Gasteiger partial charge in [0.2, 0.25) is 0 Å². The molecule has 0 bridgehead atoms. The number of hydrogen-bond acceptors (Lipinski definition) is 3. The summed E-state index contributed by atoms with van der Waals surface area (Å²) in [4.78, 5) is 2.41. The number of hydrogen-bond donors (Lipinski definition) is 0. The monoisotopic (exact) mass is 815 g/mol. The highest BCUT2D eigenvalue weighted by Crippen LogP contribution is 2.63. The number of ether oxygens (including phenoxy) is 1. The standard InChI is InChI=1S/C61H37NO2/c1-2-16-38(17-3-1)62(39-31-33-59-51(34-39)44-21-7-6-20-43(44)48-24-10-14-28-57(48)63-59)40-30-32-47-42-19-5-4-18-41(42)45-22-8-12-26-53(45)61(55(47)35-40)54-27-13-9-23-46(54)50-37-60-52(36-56(50)61)49-25-11-15-29-58(49)64-60/h1-37H. The van der Waals surface area contributed by atoms with Crippen molar-refractivity contribution < 1.29 is 9.15 Å². The fraction of sp³-hybridized carbons (Fsp3) is 0.0164. The third-order valence-corrected chi connectivity index (χ3v) is 13.9. The van der Waals surface area contributed by atoms with Gasteiger partial charge < -0.3 is 14.1 Å². The SMILES string of the molecule is c1ccc(N(c2ccc3c(c2)-c2ccccc2-c2ccccc2O3)c2ccc3c(c2)C2(c4ccccc4-c4ccccc4-3)c3ccccc3-c3cc4oc5ccccc5c4cc32)cc1. The molecule has 0 saturated carbocycles. The molecule has 0 radical (unpaired) electrons. The van der Waals surface area contributed by atoms with Crippen LogP contribution in [0.4, 0.5) is 17.1 Å². The number of benzene rings is 10. The number of anilines is 3. The molecule has 2 aliphatic carbocycles. The zero-order valence-corrected chi connectivity index (χ0v) is 34.6. The Morgan fingerprint density at radius 3 is 1.55 bits per heavy atom. The Kier molecular flexibility index (Phi) is 7.32. The molecule has 0 saturated heterocycles. The largest absolute Gasteiger partial charge is 0.456 e. The molecule has 298 valence electrons. The quantitative estimate of drug-likeness (QED) is 0.178. The molecule has 1 atom stereocenters. The molecule has 10 aromatic carbocycles. The number of para-hydroxylation sites is 3. The van der Waals surface area contributed by atoms with Gasteiger partial charge in [0.25, 0.3) is 0 Å². The molecular formula is C61H37NO2. The van der Waals surface area contributed by atoms with Crippen LogP contribution < -0.4 is 9.64 Å². The van der Waals surface area contributed by atoms with Crippen LogP contribution >= 0.6 is 0 Å². The predicted octanol–water partition coefficient (Wildman–Crippen LogP) is 16.5. The van der Waals surface area contributed by atoms with Crippen LogP contribution in [0.2, 0.25) is 0 Å². The topological polar surface area (TPSA) is 25.6 Å². The highest BCUT2D eigenvalue weighted by atomic mass is 16.5. The smallest absolute Gasteiger partial charge is 0.136 e. The number of fused-ring (bicyclic) bond motifs is 20. The van der Waals surface area contributed by atoms with Gasteiger partial charge in [-0.2, -0.15) is 0 Å². The maximum atomic E-state index is 6.74. The number of furan rings is 1. The average molecular weight is 816 g/mol. The van der Waals surface area contributed by atoms with E-state index in [1.807, 2.05) is 6.07 Å². The van der Waals surface area contributed by atoms with Crippen molar-refractivity contribution in [2.75, 3.05) is 4.90 Å². The van der Waals surface area contributed by atoms with Crippen LogP contribution in [0.5, 0.6) is 11.5 Å². The lowest BCUT2D eigenvalue weighted by atomic mass is 9.65. The minimum absolute atomic E-state index is 0.686. The van der Waals surface area contributed by atoms with Gasteiger partial charge in [0, 0.05) is 39.0 Å². The molecule has 3 aliphatic rings. The number of rotatable bonds is 3. The molecule has 1 unspecified atom stereocenters. The maximum Gasteiger partial charge on any atom is 0.136 e. The lowest BCUT2D eigenvalue weighted by Gasteiger charge is -2.36. The summed E-state index contributed by atoms with van der Waals surface area (Å²) in [5.41, 5.74) is 21.1. The molecule has 11 aromatic rings. The first-order valence-electron chi connectivity index (χ1n) is 22.0. The van der Waals surface area contributed by atoms with Gasteiger partial charge in [-0.15, -0.1) is 0 Å². The van der Waals surface area contributed by atoms with Crippen LogP contribution in [0.15, 0.2) is 229 Å². The van der Waals surface area contributed by atoms with Crippen molar-refractivity contribution in [3.8, 4) is 67.1 Å². The molecule has 1 spiro atoms. The molecule has 2 heterocycles. The van der Waals surface area contributed by atoms with E-state index in [4.69, 9.17) is 9.15 Å². The molecular weight excluding hydrogens is 779 g/mol. The van der Waals surface area contributed by atoms with Crippen molar-refractivity contribution in [3.63, 3.8) is 0 Å². The fourth-order valence-electron chi connectivity index (χ4n) is 11.3. The van der Waals surface area contributed by atoms with Crippen LogP contribution in [0.3, 0.4) is 0 Å². The summed E-state index contributed by atoms with van der Waals surface area (Å²) >= 11 is 0. The first-order chi connectivity index (χ1) is 31.7. The minimum atomic E-state index is -0.686. The van der Waals surface area contributed by atoms with Gasteiger partial charge >= 0.3 is 0 Å². The van der Waals surface area contributed by atoms with Crippen molar-refractivity contribution >= 4 is 39.0 Å². The summed E-state index contributed by atoms with van der Waals surface area (Å²) in [7, 11) is 0. The van der Waals surface area contributed by atoms with Crippen molar-refractivity contribution in [2.24, 2.45) is 0 Å². The second-order valence-electron chi connectivity index (χ2n) is 17.1. The Hall–Kier alpha value is -8.40. The zero-order valence-electron chi connectivity index (χ0n) is 34.6. The molecule has 0 amide bonds. The second kappa shape index (κ2) is 13.3. The molecule has 0 N–H and O–H groups in total. The molecule has 1 aliphatic heterocycles. The lowest BCUT2D eigenvalue weighted by Crippen LogP contribution is -2.29. The molecule has 14 rings (SSSR count). The van der Waals surface area contributed by atoms with E-state index in [9.17, 15) is 0 Å². The molecule has 0 fully saturated rings. The highest BCUT2D eigenvalue weighted by molar-refractivity contribution is 6.09. The van der Waals surface area contributed by atoms with E-state index < -0.39 is 5.41 Å². The first-order valence-corrected chi connectivity index (χ1v) is 22.0. The predicted molar refractivity (Wildman–Crippen MR) is 261 cm³/mol. The van der Waals surface area contributed by atoms with Gasteiger partial charge in [0.15, 0.2) is 0 Å². The Morgan fingerprint density at radius 2 is 0.797 bits per heavy atom. The Labute approximate surface area is 370 Å². The van der Waals surface area contributed by atoms with Crippen LogP contribution in [-0.2, 0) is 5.41 Å². The van der Waals surface area contributed by atoms with Crippen LogP contribution in [0, 0.1) is 0 Å². The maximum absolute atomic E-state index is 6.74. The van der Waals surface area contributed by atoms with Gasteiger partial charge in [-0.05, 0) is 133 Å². The fourth-order valence-corrected chi connectivity index (χ4v) is 11.3. The van der Waals surface area contributed by atoms with Crippen molar-refractivity contribution in [3.05, 3.63) is 247 Å². The van der Waals surface area contributed by atoms with E-state index in [0.29, 0.717) is 0 Å². The Bertz CT molecular complexity index is 3730. The van der Waals surface area contributed by atoms with Crippen LogP contribution in [-0.4, -0.2) is 0 Å². The molecule has 3 nitrogen and oxygen atoms in total. The summed E-state index contributed by atoms with van der Waals surface area (Å²) < 4.78 is 13.3. The van der Waals surface area contributed by atoms with Gasteiger partial charge in [0.05, 0.1) is 5.41 Å². The highest BCUT2D eigenvalue weighted by Gasteiger charge is 2.50. The van der Waals surface area contributed by atoms with E-state index >= 15 is 0 Å². The summed E-state index contributed by atoms with van der Waals surface area (Å²) in [5.74, 6) is 1.69. The Balaban J connectivity index is 1.08. The first kappa shape index (κ1) is 35.2. The van der Waals surface area contributed by atoms with E-state index in [1.165, 1.54) is 55.6 Å². The zero-order chi connectivity index (χ0) is 41.9. The summed E-state index contributed by atoms with van der Waals surface area (Å²) in [5, 5.41) is 2.25. The normalized spacial score (nSPS) is 14.8. The lowest BCUT2D eigenvalue weighted by molar-refractivity contribution is 0.488. The summed E-state index contributed by atoms with van der Waals surface area (Å²) in [6.45, 7) is 0. The van der Waals surface area contributed by atoms with Gasteiger partial charge in [-0.1, -0.05) is 158 Å². The van der Waals surface area contributed by atoms with E-state index in [2.05, 4.69) is 223 Å². The van der Waals surface area contributed by atoms with E-state index in [1.54, 1.807) is 0 Å². The van der Waals surface area contributed by atoms with E-state index in [-0.39, 0.29) is 0 Å².